The highest BCUT2D eigenvalue weighted by molar-refractivity contribution is 8.00. The van der Waals surface area contributed by atoms with E-state index in [1.54, 1.807) is 18.9 Å². The van der Waals surface area contributed by atoms with Crippen LogP contribution in [0.2, 0.25) is 0 Å². The largest absolute Gasteiger partial charge is 0.497 e. The van der Waals surface area contributed by atoms with E-state index in [9.17, 15) is 4.79 Å². The average Bonchev–Trinajstić information content (AvgIpc) is 2.77. The van der Waals surface area contributed by atoms with Gasteiger partial charge in [0.2, 0.25) is 0 Å². The first kappa shape index (κ1) is 11.5. The number of methoxy groups -OCH3 is 1. The van der Waals surface area contributed by atoms with Crippen molar-refractivity contribution in [2.24, 2.45) is 0 Å². The Kier molecular flexibility index (Phi) is 3.54. The van der Waals surface area contributed by atoms with E-state index in [0.29, 0.717) is 5.92 Å². The van der Waals surface area contributed by atoms with E-state index in [2.05, 4.69) is 19.1 Å². The molecule has 86 valence electrons. The molecule has 0 aliphatic carbocycles. The minimum atomic E-state index is 0.187. The number of carbonyl (C=O) groups is 1. The third kappa shape index (κ3) is 2.24. The molecule has 2 rings (SSSR count). The number of carbonyl (C=O) groups excluding carboxylic acids is 1. The summed E-state index contributed by atoms with van der Waals surface area (Å²) in [5, 5.41) is 0.187. The van der Waals surface area contributed by atoms with Gasteiger partial charge in [0.25, 0.3) is 0 Å². The van der Waals surface area contributed by atoms with Crippen molar-refractivity contribution in [1.29, 1.82) is 0 Å². The van der Waals surface area contributed by atoms with Crippen LogP contribution in [-0.2, 0) is 4.79 Å². The molecule has 16 heavy (non-hydrogen) atoms. The predicted molar refractivity (Wildman–Crippen MR) is 67.4 cm³/mol. The second-order valence-electron chi connectivity index (χ2n) is 4.16. The summed E-state index contributed by atoms with van der Waals surface area (Å²) in [6.45, 7) is 2.11. The lowest BCUT2D eigenvalue weighted by molar-refractivity contribution is -0.107. The van der Waals surface area contributed by atoms with E-state index in [4.69, 9.17) is 4.74 Å². The van der Waals surface area contributed by atoms with Crippen molar-refractivity contribution in [3.8, 4) is 5.75 Å². The molecule has 1 aromatic carbocycles. The lowest BCUT2D eigenvalue weighted by atomic mass is 9.93. The van der Waals surface area contributed by atoms with E-state index in [0.717, 1.165) is 24.2 Å². The number of thioether (sulfide) groups is 1. The standard InChI is InChI=1S/C13H16O2S/c1-9-5-11(15-2)3-4-13(9)10-6-12(7-14)16-8-10/h3-5,7,10,12H,6,8H2,1-2H3. The maximum absolute atomic E-state index is 10.7. The Labute approximate surface area is 100 Å². The van der Waals surface area contributed by atoms with Crippen LogP contribution in [0.3, 0.4) is 0 Å². The molecule has 2 unspecified atom stereocenters. The van der Waals surface area contributed by atoms with Gasteiger partial charge in [0.05, 0.1) is 12.4 Å². The lowest BCUT2D eigenvalue weighted by Gasteiger charge is -2.13. The fourth-order valence-corrected chi connectivity index (χ4v) is 3.44. The minimum absolute atomic E-state index is 0.187. The molecule has 1 heterocycles. The summed E-state index contributed by atoms with van der Waals surface area (Å²) in [4.78, 5) is 10.7. The summed E-state index contributed by atoms with van der Waals surface area (Å²) >= 11 is 1.76. The molecule has 0 bridgehead atoms. The van der Waals surface area contributed by atoms with Crippen molar-refractivity contribution in [2.75, 3.05) is 12.9 Å². The van der Waals surface area contributed by atoms with E-state index < -0.39 is 0 Å². The molecule has 1 aromatic rings. The predicted octanol–water partition coefficient (Wildman–Crippen LogP) is 2.79. The van der Waals surface area contributed by atoms with Gasteiger partial charge in [0.1, 0.15) is 12.0 Å². The first-order valence-corrected chi connectivity index (χ1v) is 6.51. The minimum Gasteiger partial charge on any atom is -0.497 e. The second kappa shape index (κ2) is 4.91. The van der Waals surface area contributed by atoms with Gasteiger partial charge in [-0.2, -0.15) is 11.8 Å². The zero-order valence-electron chi connectivity index (χ0n) is 9.60. The van der Waals surface area contributed by atoms with Crippen LogP contribution in [0.5, 0.6) is 5.75 Å². The second-order valence-corrected chi connectivity index (χ2v) is 5.44. The molecule has 1 saturated heterocycles. The van der Waals surface area contributed by atoms with Crippen LogP contribution in [0, 0.1) is 6.92 Å². The zero-order valence-corrected chi connectivity index (χ0v) is 10.4. The average molecular weight is 236 g/mol. The van der Waals surface area contributed by atoms with Gasteiger partial charge in [-0.05, 0) is 42.5 Å². The first-order valence-electron chi connectivity index (χ1n) is 5.46. The SMILES string of the molecule is COc1ccc(C2CSC(C=O)C2)c(C)c1. The molecular weight excluding hydrogens is 220 g/mol. The zero-order chi connectivity index (χ0) is 11.5. The molecule has 1 aliphatic heterocycles. The molecule has 3 heteroatoms. The summed E-state index contributed by atoms with van der Waals surface area (Å²) in [5.74, 6) is 2.47. The van der Waals surface area contributed by atoms with Crippen LogP contribution < -0.4 is 4.74 Å². The Morgan fingerprint density at radius 1 is 1.50 bits per heavy atom. The number of aldehydes is 1. The number of hydrogen-bond acceptors (Lipinski definition) is 3. The van der Waals surface area contributed by atoms with Crippen molar-refractivity contribution >= 4 is 18.0 Å². The number of aryl methyl sites for hydroxylation is 1. The lowest BCUT2D eigenvalue weighted by Crippen LogP contribution is -2.03. The monoisotopic (exact) mass is 236 g/mol. The Bertz CT molecular complexity index is 390. The molecule has 2 atom stereocenters. The first-order chi connectivity index (χ1) is 7.74. The topological polar surface area (TPSA) is 26.3 Å². The Hall–Kier alpha value is -0.960. The smallest absolute Gasteiger partial charge is 0.132 e. The van der Waals surface area contributed by atoms with Gasteiger partial charge >= 0.3 is 0 Å². The summed E-state index contributed by atoms with van der Waals surface area (Å²) in [5.41, 5.74) is 2.62. The Morgan fingerprint density at radius 3 is 2.88 bits per heavy atom. The summed E-state index contributed by atoms with van der Waals surface area (Å²) in [7, 11) is 1.68. The molecule has 2 nitrogen and oxygen atoms in total. The summed E-state index contributed by atoms with van der Waals surface area (Å²) < 4.78 is 5.19. The molecule has 0 amide bonds. The van der Waals surface area contributed by atoms with Gasteiger partial charge in [-0.25, -0.2) is 0 Å². The van der Waals surface area contributed by atoms with Crippen molar-refractivity contribution < 1.29 is 9.53 Å². The van der Waals surface area contributed by atoms with Gasteiger partial charge in [-0.1, -0.05) is 6.07 Å². The fourth-order valence-electron chi connectivity index (χ4n) is 2.20. The molecule has 0 saturated carbocycles. The molecule has 0 spiro atoms. The van der Waals surface area contributed by atoms with Crippen molar-refractivity contribution in [1.82, 2.24) is 0 Å². The van der Waals surface area contributed by atoms with Crippen molar-refractivity contribution in [3.05, 3.63) is 29.3 Å². The number of benzene rings is 1. The van der Waals surface area contributed by atoms with Crippen molar-refractivity contribution in [2.45, 2.75) is 24.5 Å². The maximum Gasteiger partial charge on any atom is 0.132 e. The van der Waals surface area contributed by atoms with Crippen LogP contribution >= 0.6 is 11.8 Å². The highest BCUT2D eigenvalue weighted by Gasteiger charge is 2.26. The van der Waals surface area contributed by atoms with E-state index >= 15 is 0 Å². The summed E-state index contributed by atoms with van der Waals surface area (Å²) in [6, 6.07) is 6.20. The van der Waals surface area contributed by atoms with E-state index in [1.165, 1.54) is 11.1 Å². The van der Waals surface area contributed by atoms with Crippen LogP contribution in [0.25, 0.3) is 0 Å². The van der Waals surface area contributed by atoms with Gasteiger partial charge < -0.3 is 9.53 Å². The summed E-state index contributed by atoms with van der Waals surface area (Å²) in [6.07, 6.45) is 2.05. The van der Waals surface area contributed by atoms with Crippen LogP contribution in [-0.4, -0.2) is 24.4 Å². The maximum atomic E-state index is 10.7. The molecular formula is C13H16O2S. The third-order valence-corrected chi connectivity index (χ3v) is 4.42. The van der Waals surface area contributed by atoms with Crippen molar-refractivity contribution in [3.63, 3.8) is 0 Å². The van der Waals surface area contributed by atoms with Gasteiger partial charge in [-0.3, -0.25) is 0 Å². The Balaban J connectivity index is 2.18. The van der Waals surface area contributed by atoms with Crippen LogP contribution in [0.15, 0.2) is 18.2 Å². The third-order valence-electron chi connectivity index (χ3n) is 3.10. The molecule has 0 radical (unpaired) electrons. The van der Waals surface area contributed by atoms with E-state index in [1.807, 2.05) is 6.07 Å². The van der Waals surface area contributed by atoms with Gasteiger partial charge in [0.15, 0.2) is 0 Å². The molecule has 1 fully saturated rings. The fraction of sp³-hybridized carbons (Fsp3) is 0.462. The molecule has 0 N–H and O–H groups in total. The van der Waals surface area contributed by atoms with Gasteiger partial charge in [-0.15, -0.1) is 0 Å². The normalized spacial score (nSPS) is 24.4. The van der Waals surface area contributed by atoms with E-state index in [-0.39, 0.29) is 5.25 Å². The molecule has 0 aromatic heterocycles. The van der Waals surface area contributed by atoms with Crippen LogP contribution in [0.4, 0.5) is 0 Å². The van der Waals surface area contributed by atoms with Crippen LogP contribution in [0.1, 0.15) is 23.5 Å². The highest BCUT2D eigenvalue weighted by Crippen LogP contribution is 2.38. The number of rotatable bonds is 3. The number of hydrogen-bond donors (Lipinski definition) is 0. The molecule has 1 aliphatic rings. The highest BCUT2D eigenvalue weighted by atomic mass is 32.2. The van der Waals surface area contributed by atoms with Gasteiger partial charge in [0, 0.05) is 5.75 Å². The number of ether oxygens (including phenoxy) is 1. The Morgan fingerprint density at radius 2 is 2.31 bits per heavy atom. The quantitative estimate of drug-likeness (QED) is 0.755.